The molecule has 0 spiro atoms. The van der Waals surface area contributed by atoms with E-state index in [9.17, 15) is 18.0 Å². The molecule has 1 N–H and O–H groups in total. The van der Waals surface area contributed by atoms with Crippen molar-refractivity contribution in [2.24, 2.45) is 0 Å². The normalized spacial score (nSPS) is 16.9. The Hall–Kier alpha value is -3.62. The molecule has 1 unspecified atom stereocenters. The fourth-order valence-corrected chi connectivity index (χ4v) is 4.11. The van der Waals surface area contributed by atoms with E-state index in [-0.39, 0.29) is 24.8 Å². The van der Waals surface area contributed by atoms with Crippen LogP contribution in [0.5, 0.6) is 0 Å². The lowest BCUT2D eigenvalue weighted by Gasteiger charge is -2.17. The summed E-state index contributed by atoms with van der Waals surface area (Å²) in [4.78, 5) is 21.7. The van der Waals surface area contributed by atoms with Gasteiger partial charge in [0.25, 0.3) is 0 Å². The smallest absolute Gasteiger partial charge is 0.361 e. The van der Waals surface area contributed by atoms with Crippen molar-refractivity contribution in [3.63, 3.8) is 0 Å². The number of benzene rings is 2. The van der Waals surface area contributed by atoms with Gasteiger partial charge in [-0.05, 0) is 29.3 Å². The summed E-state index contributed by atoms with van der Waals surface area (Å²) in [5, 5.41) is 5.14. The van der Waals surface area contributed by atoms with Crippen molar-refractivity contribution in [3.8, 4) is 0 Å². The SMILES string of the molecule is O=C1CC(c2noc(Cc3c[nH]c4ccccc34)n2)CN1Cc1cccc(C(F)(F)F)c1. The van der Waals surface area contributed by atoms with Gasteiger partial charge in [0.05, 0.1) is 12.0 Å². The number of para-hydroxylation sites is 1. The number of halogens is 3. The summed E-state index contributed by atoms with van der Waals surface area (Å²) in [5.41, 5.74) is 1.76. The predicted octanol–water partition coefficient (Wildman–Crippen LogP) is 4.68. The highest BCUT2D eigenvalue weighted by molar-refractivity contribution is 5.83. The van der Waals surface area contributed by atoms with Gasteiger partial charge in [0.1, 0.15) is 0 Å². The summed E-state index contributed by atoms with van der Waals surface area (Å²) in [6.07, 6.45) is -1.85. The topological polar surface area (TPSA) is 75.0 Å². The second-order valence-electron chi connectivity index (χ2n) is 7.96. The molecule has 32 heavy (non-hydrogen) atoms. The molecule has 6 nitrogen and oxygen atoms in total. The molecule has 0 saturated carbocycles. The number of carbonyl (C=O) groups is 1. The van der Waals surface area contributed by atoms with Crippen molar-refractivity contribution in [3.05, 3.63) is 83.1 Å². The molecule has 1 aliphatic rings. The number of hydrogen-bond acceptors (Lipinski definition) is 4. The van der Waals surface area contributed by atoms with Gasteiger partial charge in [-0.2, -0.15) is 18.2 Å². The highest BCUT2D eigenvalue weighted by Gasteiger charge is 2.34. The first-order chi connectivity index (χ1) is 15.4. The second kappa shape index (κ2) is 7.81. The van der Waals surface area contributed by atoms with Gasteiger partial charge in [-0.25, -0.2) is 0 Å². The molecule has 1 amide bonds. The number of hydrogen-bond donors (Lipinski definition) is 1. The Morgan fingerprint density at radius 1 is 1.16 bits per heavy atom. The molecule has 9 heteroatoms. The van der Waals surface area contributed by atoms with Crippen LogP contribution in [0, 0.1) is 0 Å². The predicted molar refractivity (Wildman–Crippen MR) is 110 cm³/mol. The standard InChI is InChI=1S/C23H19F3N4O2/c24-23(25,26)17-5-3-4-14(8-17)12-30-13-16(10-21(30)31)22-28-20(32-29-22)9-15-11-27-19-7-2-1-6-18(15)19/h1-8,11,16,27H,9-10,12-13H2. The number of nitrogens with one attached hydrogen (secondary N) is 1. The van der Waals surface area contributed by atoms with Crippen LogP contribution in [0.25, 0.3) is 10.9 Å². The molecule has 5 rings (SSSR count). The number of nitrogens with zero attached hydrogens (tertiary/aromatic N) is 3. The molecule has 3 heterocycles. The number of likely N-dealkylation sites (tertiary alicyclic amines) is 1. The van der Waals surface area contributed by atoms with Crippen LogP contribution in [0.15, 0.2) is 59.3 Å². The number of alkyl halides is 3. The molecule has 4 aromatic rings. The van der Waals surface area contributed by atoms with Crippen LogP contribution in [0.3, 0.4) is 0 Å². The van der Waals surface area contributed by atoms with Gasteiger partial charge < -0.3 is 14.4 Å². The van der Waals surface area contributed by atoms with Crippen LogP contribution in [0.2, 0.25) is 0 Å². The van der Waals surface area contributed by atoms with Gasteiger partial charge in [-0.15, -0.1) is 0 Å². The largest absolute Gasteiger partial charge is 0.416 e. The molecule has 2 aromatic heterocycles. The lowest BCUT2D eigenvalue weighted by atomic mass is 10.1. The fraction of sp³-hybridized carbons (Fsp3) is 0.261. The van der Waals surface area contributed by atoms with Gasteiger partial charge >= 0.3 is 6.18 Å². The Kier molecular flexibility index (Phi) is 4.96. The zero-order valence-electron chi connectivity index (χ0n) is 16.9. The number of amides is 1. The number of H-pyrrole nitrogens is 1. The minimum Gasteiger partial charge on any atom is -0.361 e. The van der Waals surface area contributed by atoms with Crippen molar-refractivity contribution in [1.29, 1.82) is 0 Å². The van der Waals surface area contributed by atoms with Crippen molar-refractivity contribution in [1.82, 2.24) is 20.0 Å². The van der Waals surface area contributed by atoms with E-state index < -0.39 is 11.7 Å². The quantitative estimate of drug-likeness (QED) is 0.489. The minimum absolute atomic E-state index is 0.110. The van der Waals surface area contributed by atoms with Crippen molar-refractivity contribution in [2.75, 3.05) is 6.54 Å². The summed E-state index contributed by atoms with van der Waals surface area (Å²) < 4.78 is 44.3. The van der Waals surface area contributed by atoms with Crippen LogP contribution in [0.4, 0.5) is 13.2 Å². The van der Waals surface area contributed by atoms with Crippen molar-refractivity contribution < 1.29 is 22.5 Å². The maximum absolute atomic E-state index is 13.0. The molecule has 1 aliphatic heterocycles. The van der Waals surface area contributed by atoms with E-state index in [1.54, 1.807) is 6.07 Å². The summed E-state index contributed by atoms with van der Waals surface area (Å²) in [6.45, 7) is 0.445. The monoisotopic (exact) mass is 440 g/mol. The first-order valence-electron chi connectivity index (χ1n) is 10.2. The zero-order chi connectivity index (χ0) is 22.3. The Balaban J connectivity index is 1.27. The van der Waals surface area contributed by atoms with E-state index >= 15 is 0 Å². The lowest BCUT2D eigenvalue weighted by Crippen LogP contribution is -2.24. The molecule has 0 bridgehead atoms. The molecule has 2 aromatic carbocycles. The van der Waals surface area contributed by atoms with Crippen LogP contribution in [0.1, 0.15) is 40.7 Å². The van der Waals surface area contributed by atoms with Crippen LogP contribution < -0.4 is 0 Å². The van der Waals surface area contributed by atoms with E-state index in [2.05, 4.69) is 15.1 Å². The Morgan fingerprint density at radius 2 is 2.00 bits per heavy atom. The number of aromatic amines is 1. The molecular weight excluding hydrogens is 421 g/mol. The van der Waals surface area contributed by atoms with E-state index in [0.717, 1.165) is 28.6 Å². The van der Waals surface area contributed by atoms with Crippen molar-refractivity contribution in [2.45, 2.75) is 31.5 Å². The third-order valence-corrected chi connectivity index (χ3v) is 5.71. The maximum Gasteiger partial charge on any atom is 0.416 e. The first-order valence-corrected chi connectivity index (χ1v) is 10.2. The lowest BCUT2D eigenvalue weighted by molar-refractivity contribution is -0.137. The average Bonchev–Trinajstić information content (AvgIpc) is 3.48. The van der Waals surface area contributed by atoms with Gasteiger partial charge in [0, 0.05) is 42.5 Å². The summed E-state index contributed by atoms with van der Waals surface area (Å²) >= 11 is 0. The summed E-state index contributed by atoms with van der Waals surface area (Å²) in [6, 6.07) is 13.0. The first kappa shape index (κ1) is 20.3. The fourth-order valence-electron chi connectivity index (χ4n) is 4.11. The second-order valence-corrected chi connectivity index (χ2v) is 7.96. The summed E-state index contributed by atoms with van der Waals surface area (Å²) in [7, 11) is 0. The minimum atomic E-state index is -4.42. The van der Waals surface area contributed by atoms with E-state index in [1.165, 1.54) is 11.0 Å². The molecule has 1 saturated heterocycles. The maximum atomic E-state index is 13.0. The third-order valence-electron chi connectivity index (χ3n) is 5.71. The number of aromatic nitrogens is 3. The van der Waals surface area contributed by atoms with E-state index in [4.69, 9.17) is 4.52 Å². The highest BCUT2D eigenvalue weighted by atomic mass is 19.4. The Morgan fingerprint density at radius 3 is 2.84 bits per heavy atom. The third kappa shape index (κ3) is 3.98. The highest BCUT2D eigenvalue weighted by Crippen LogP contribution is 2.31. The van der Waals surface area contributed by atoms with Crippen LogP contribution in [-0.4, -0.2) is 32.5 Å². The van der Waals surface area contributed by atoms with Gasteiger partial charge in [0.2, 0.25) is 11.8 Å². The Bertz CT molecular complexity index is 1280. The van der Waals surface area contributed by atoms with Gasteiger partial charge in [0.15, 0.2) is 5.82 Å². The van der Waals surface area contributed by atoms with Crippen LogP contribution in [-0.2, 0) is 23.9 Å². The molecular formula is C23H19F3N4O2. The van der Waals surface area contributed by atoms with Crippen LogP contribution >= 0.6 is 0 Å². The van der Waals surface area contributed by atoms with Gasteiger partial charge in [-0.3, -0.25) is 4.79 Å². The molecule has 0 radical (unpaired) electrons. The van der Waals surface area contributed by atoms with E-state index in [1.807, 2.05) is 30.5 Å². The number of fused-ring (bicyclic) bond motifs is 1. The zero-order valence-corrected chi connectivity index (χ0v) is 16.9. The van der Waals surface area contributed by atoms with Gasteiger partial charge in [-0.1, -0.05) is 35.5 Å². The van der Waals surface area contributed by atoms with Crippen molar-refractivity contribution >= 4 is 16.8 Å². The Labute approximate surface area is 181 Å². The molecule has 0 aliphatic carbocycles. The summed E-state index contributed by atoms with van der Waals surface area (Å²) in [5.74, 6) is 0.498. The van der Waals surface area contributed by atoms with E-state index in [0.29, 0.717) is 30.2 Å². The number of carbonyl (C=O) groups excluding carboxylic acids is 1. The number of rotatable bonds is 5. The molecule has 1 fully saturated rings. The molecule has 164 valence electrons. The molecule has 1 atom stereocenters. The average molecular weight is 440 g/mol.